The van der Waals surface area contributed by atoms with Gasteiger partial charge in [0, 0.05) is 49.9 Å². The van der Waals surface area contributed by atoms with Crippen LogP contribution in [-0.2, 0) is 11.3 Å². The van der Waals surface area contributed by atoms with Crippen molar-refractivity contribution in [2.45, 2.75) is 13.0 Å². The van der Waals surface area contributed by atoms with E-state index >= 15 is 0 Å². The molecular formula is C13H19N3O2. The number of nitrogens with one attached hydrogen (secondary N) is 1. The van der Waals surface area contributed by atoms with Gasteiger partial charge in [0.1, 0.15) is 5.75 Å². The van der Waals surface area contributed by atoms with Gasteiger partial charge < -0.3 is 15.8 Å². The minimum absolute atomic E-state index is 0.127. The first-order valence-electron chi connectivity index (χ1n) is 6.10. The Morgan fingerprint density at radius 3 is 3.06 bits per heavy atom. The van der Waals surface area contributed by atoms with Gasteiger partial charge in [0.25, 0.3) is 0 Å². The van der Waals surface area contributed by atoms with Crippen molar-refractivity contribution in [3.63, 3.8) is 0 Å². The molecule has 1 aromatic carbocycles. The van der Waals surface area contributed by atoms with Crippen LogP contribution < -0.4 is 15.8 Å². The Balaban J connectivity index is 2.06. The predicted octanol–water partition coefficient (Wildman–Crippen LogP) is 0.599. The molecule has 98 valence electrons. The molecule has 5 nitrogen and oxygen atoms in total. The Bertz CT molecular complexity index is 434. The van der Waals surface area contributed by atoms with Crippen LogP contribution in [0.2, 0.25) is 0 Å². The van der Waals surface area contributed by atoms with Crippen LogP contribution in [-0.4, -0.2) is 37.6 Å². The lowest BCUT2D eigenvalue weighted by Gasteiger charge is -2.20. The lowest BCUT2D eigenvalue weighted by Crippen LogP contribution is -2.28. The van der Waals surface area contributed by atoms with Gasteiger partial charge in [-0.05, 0) is 6.07 Å². The highest BCUT2D eigenvalue weighted by Crippen LogP contribution is 2.23. The van der Waals surface area contributed by atoms with E-state index in [4.69, 9.17) is 10.5 Å². The Morgan fingerprint density at radius 1 is 1.44 bits per heavy atom. The van der Waals surface area contributed by atoms with E-state index < -0.39 is 0 Å². The van der Waals surface area contributed by atoms with Crippen LogP contribution >= 0.6 is 0 Å². The average molecular weight is 249 g/mol. The number of nitrogens with two attached hydrogens (primary N) is 1. The standard InChI is InChI=1S/C13H19N3O2/c1-18-12-8-11(14)3-2-10(12)9-16-6-4-13(17)15-5-7-16/h2-3,8H,4-7,9,14H2,1H3,(H,15,17). The summed E-state index contributed by atoms with van der Waals surface area (Å²) in [5.74, 6) is 0.931. The highest BCUT2D eigenvalue weighted by Gasteiger charge is 2.15. The summed E-state index contributed by atoms with van der Waals surface area (Å²) in [6, 6.07) is 5.68. The maximum atomic E-state index is 11.3. The van der Waals surface area contributed by atoms with Crippen LogP contribution in [0.15, 0.2) is 18.2 Å². The first-order chi connectivity index (χ1) is 8.69. The molecule has 0 unspecified atom stereocenters. The maximum absolute atomic E-state index is 11.3. The fourth-order valence-corrected chi connectivity index (χ4v) is 2.10. The second kappa shape index (κ2) is 5.73. The van der Waals surface area contributed by atoms with E-state index in [0.717, 1.165) is 30.9 Å². The highest BCUT2D eigenvalue weighted by atomic mass is 16.5. The van der Waals surface area contributed by atoms with Crippen LogP contribution in [0, 0.1) is 0 Å². The molecule has 2 rings (SSSR count). The number of ether oxygens (including phenoxy) is 1. The van der Waals surface area contributed by atoms with Gasteiger partial charge in [0.2, 0.25) is 5.91 Å². The Kier molecular flexibility index (Phi) is 4.04. The second-order valence-electron chi connectivity index (χ2n) is 4.45. The molecule has 1 fully saturated rings. The molecule has 0 spiro atoms. The minimum atomic E-state index is 0.127. The van der Waals surface area contributed by atoms with E-state index in [9.17, 15) is 4.79 Å². The van der Waals surface area contributed by atoms with Crippen molar-refractivity contribution in [1.82, 2.24) is 10.2 Å². The Labute approximate surface area is 107 Å². The van der Waals surface area contributed by atoms with E-state index in [1.807, 2.05) is 18.2 Å². The monoisotopic (exact) mass is 249 g/mol. The number of amides is 1. The molecule has 1 heterocycles. The topological polar surface area (TPSA) is 67.6 Å². The number of benzene rings is 1. The zero-order valence-electron chi connectivity index (χ0n) is 10.6. The molecule has 3 N–H and O–H groups in total. The number of carbonyl (C=O) groups is 1. The fraction of sp³-hybridized carbons (Fsp3) is 0.462. The van der Waals surface area contributed by atoms with Gasteiger partial charge in [-0.15, -0.1) is 0 Å². The molecule has 18 heavy (non-hydrogen) atoms. The van der Waals surface area contributed by atoms with Crippen molar-refractivity contribution in [3.8, 4) is 5.75 Å². The summed E-state index contributed by atoms with van der Waals surface area (Å²) in [5.41, 5.74) is 7.53. The van der Waals surface area contributed by atoms with Crippen LogP contribution in [0.25, 0.3) is 0 Å². The van der Waals surface area contributed by atoms with Gasteiger partial charge in [-0.25, -0.2) is 0 Å². The molecule has 1 amide bonds. The molecule has 1 aliphatic heterocycles. The first-order valence-corrected chi connectivity index (χ1v) is 6.10. The van der Waals surface area contributed by atoms with Crippen molar-refractivity contribution in [3.05, 3.63) is 23.8 Å². The van der Waals surface area contributed by atoms with Crippen LogP contribution in [0.3, 0.4) is 0 Å². The second-order valence-corrected chi connectivity index (χ2v) is 4.45. The van der Waals surface area contributed by atoms with E-state index in [1.54, 1.807) is 7.11 Å². The van der Waals surface area contributed by atoms with Gasteiger partial charge >= 0.3 is 0 Å². The van der Waals surface area contributed by atoms with Crippen LogP contribution in [0.4, 0.5) is 5.69 Å². The molecule has 5 heteroatoms. The van der Waals surface area contributed by atoms with E-state index in [-0.39, 0.29) is 5.91 Å². The number of anilines is 1. The highest BCUT2D eigenvalue weighted by molar-refractivity contribution is 5.76. The summed E-state index contributed by atoms with van der Waals surface area (Å²) >= 11 is 0. The van der Waals surface area contributed by atoms with E-state index in [0.29, 0.717) is 18.7 Å². The lowest BCUT2D eigenvalue weighted by molar-refractivity contribution is -0.120. The number of rotatable bonds is 3. The Hall–Kier alpha value is -1.75. The van der Waals surface area contributed by atoms with Gasteiger partial charge in [-0.1, -0.05) is 6.07 Å². The lowest BCUT2D eigenvalue weighted by atomic mass is 10.1. The van der Waals surface area contributed by atoms with Crippen molar-refractivity contribution in [2.24, 2.45) is 0 Å². The van der Waals surface area contributed by atoms with Crippen LogP contribution in [0.5, 0.6) is 5.75 Å². The number of carbonyl (C=O) groups excluding carboxylic acids is 1. The molecule has 1 aromatic rings. The largest absolute Gasteiger partial charge is 0.496 e. The molecule has 0 atom stereocenters. The normalized spacial score (nSPS) is 17.1. The third kappa shape index (κ3) is 3.13. The SMILES string of the molecule is COc1cc(N)ccc1CN1CCNC(=O)CC1. The smallest absolute Gasteiger partial charge is 0.221 e. The zero-order valence-corrected chi connectivity index (χ0v) is 10.6. The van der Waals surface area contributed by atoms with Crippen molar-refractivity contribution in [2.75, 3.05) is 32.5 Å². The molecule has 1 aliphatic rings. The molecule has 0 aliphatic carbocycles. The average Bonchev–Trinajstić information content (AvgIpc) is 2.56. The molecular weight excluding hydrogens is 230 g/mol. The van der Waals surface area contributed by atoms with Crippen LogP contribution in [0.1, 0.15) is 12.0 Å². The summed E-state index contributed by atoms with van der Waals surface area (Å²) in [6.07, 6.45) is 0.553. The van der Waals surface area contributed by atoms with E-state index in [2.05, 4.69) is 10.2 Å². The maximum Gasteiger partial charge on any atom is 0.221 e. The summed E-state index contributed by atoms with van der Waals surface area (Å²) in [7, 11) is 1.64. The minimum Gasteiger partial charge on any atom is -0.496 e. The molecule has 1 saturated heterocycles. The van der Waals surface area contributed by atoms with Gasteiger partial charge in [0.15, 0.2) is 0 Å². The first kappa shape index (κ1) is 12.7. The van der Waals surface area contributed by atoms with Gasteiger partial charge in [-0.2, -0.15) is 0 Å². The number of nitrogen functional groups attached to an aromatic ring is 1. The zero-order chi connectivity index (χ0) is 13.0. The number of hydrogen-bond donors (Lipinski definition) is 2. The number of hydrogen-bond acceptors (Lipinski definition) is 4. The molecule has 0 saturated carbocycles. The van der Waals surface area contributed by atoms with E-state index in [1.165, 1.54) is 0 Å². The van der Waals surface area contributed by atoms with Crippen molar-refractivity contribution < 1.29 is 9.53 Å². The third-order valence-electron chi connectivity index (χ3n) is 3.11. The third-order valence-corrected chi connectivity index (χ3v) is 3.11. The summed E-state index contributed by atoms with van der Waals surface area (Å²) in [5, 5.41) is 2.87. The molecule has 0 bridgehead atoms. The molecule has 0 radical (unpaired) electrons. The summed E-state index contributed by atoms with van der Waals surface area (Å²) < 4.78 is 5.33. The number of methoxy groups -OCH3 is 1. The predicted molar refractivity (Wildman–Crippen MR) is 70.3 cm³/mol. The number of nitrogens with zero attached hydrogens (tertiary/aromatic N) is 1. The Morgan fingerprint density at radius 2 is 2.28 bits per heavy atom. The van der Waals surface area contributed by atoms with Crippen molar-refractivity contribution in [1.29, 1.82) is 0 Å². The molecule has 0 aromatic heterocycles. The van der Waals surface area contributed by atoms with Crippen molar-refractivity contribution >= 4 is 11.6 Å². The van der Waals surface area contributed by atoms with Gasteiger partial charge in [0.05, 0.1) is 7.11 Å². The quantitative estimate of drug-likeness (QED) is 0.770. The summed E-state index contributed by atoms with van der Waals surface area (Å²) in [4.78, 5) is 13.5. The summed E-state index contributed by atoms with van der Waals surface area (Å²) in [6.45, 7) is 3.12. The fourth-order valence-electron chi connectivity index (χ4n) is 2.10. The van der Waals surface area contributed by atoms with Gasteiger partial charge in [-0.3, -0.25) is 9.69 Å².